The third-order valence-corrected chi connectivity index (χ3v) is 3.97. The minimum absolute atomic E-state index is 0.106. The quantitative estimate of drug-likeness (QED) is 0.826. The van der Waals surface area contributed by atoms with Crippen LogP contribution in [0.3, 0.4) is 0 Å². The molecule has 2 rings (SSSR count). The van der Waals surface area contributed by atoms with E-state index in [1.165, 1.54) is 5.56 Å². The zero-order chi connectivity index (χ0) is 11.8. The summed E-state index contributed by atoms with van der Waals surface area (Å²) in [6.07, 6.45) is 1.10. The molecule has 1 heterocycles. The highest BCUT2D eigenvalue weighted by atomic mass is 15.3. The van der Waals surface area contributed by atoms with Crippen molar-refractivity contribution in [2.75, 3.05) is 0 Å². The van der Waals surface area contributed by atoms with Crippen molar-refractivity contribution in [3.63, 3.8) is 0 Å². The predicted molar refractivity (Wildman–Crippen MR) is 68.1 cm³/mol. The summed E-state index contributed by atoms with van der Waals surface area (Å²) in [6.45, 7) is 7.79. The number of nitrogens with two attached hydrogens (primary N) is 1. The first-order chi connectivity index (χ1) is 7.51. The molecule has 2 unspecified atom stereocenters. The summed E-state index contributed by atoms with van der Waals surface area (Å²) in [5, 5.41) is 0. The van der Waals surface area contributed by atoms with Gasteiger partial charge in [-0.2, -0.15) is 0 Å². The molecule has 88 valence electrons. The predicted octanol–water partition coefficient (Wildman–Crippen LogP) is 2.39. The van der Waals surface area contributed by atoms with E-state index in [9.17, 15) is 0 Å². The Balaban J connectivity index is 2.15. The van der Waals surface area contributed by atoms with Crippen LogP contribution in [0.4, 0.5) is 0 Å². The van der Waals surface area contributed by atoms with Gasteiger partial charge in [0.25, 0.3) is 0 Å². The number of hydrogen-bond donors (Lipinski definition) is 1. The molecule has 0 aliphatic carbocycles. The van der Waals surface area contributed by atoms with Gasteiger partial charge in [0.1, 0.15) is 0 Å². The minimum atomic E-state index is 0.106. The van der Waals surface area contributed by atoms with E-state index in [2.05, 4.69) is 56.0 Å². The molecular formula is C14H22N2. The van der Waals surface area contributed by atoms with E-state index >= 15 is 0 Å². The SMILES string of the molecule is CC1CC(N)C(C)(C)N1Cc1ccccc1. The molecule has 16 heavy (non-hydrogen) atoms. The highest BCUT2D eigenvalue weighted by Gasteiger charge is 2.42. The Morgan fingerprint density at radius 3 is 2.44 bits per heavy atom. The topological polar surface area (TPSA) is 29.3 Å². The van der Waals surface area contributed by atoms with Crippen molar-refractivity contribution >= 4 is 0 Å². The summed E-state index contributed by atoms with van der Waals surface area (Å²) < 4.78 is 0. The van der Waals surface area contributed by atoms with E-state index < -0.39 is 0 Å². The number of nitrogens with zero attached hydrogens (tertiary/aromatic N) is 1. The summed E-state index contributed by atoms with van der Waals surface area (Å²) in [6, 6.07) is 11.5. The Hall–Kier alpha value is -0.860. The highest BCUT2D eigenvalue weighted by molar-refractivity contribution is 5.16. The Labute approximate surface area is 98.4 Å². The second-order valence-corrected chi connectivity index (χ2v) is 5.46. The van der Waals surface area contributed by atoms with Gasteiger partial charge in [-0.05, 0) is 32.8 Å². The monoisotopic (exact) mass is 218 g/mol. The molecular weight excluding hydrogens is 196 g/mol. The van der Waals surface area contributed by atoms with Crippen molar-refractivity contribution < 1.29 is 0 Å². The Kier molecular flexibility index (Phi) is 3.04. The lowest BCUT2D eigenvalue weighted by Gasteiger charge is -2.36. The van der Waals surface area contributed by atoms with E-state index in [-0.39, 0.29) is 11.6 Å². The molecule has 0 aromatic heterocycles. The molecule has 0 amide bonds. The van der Waals surface area contributed by atoms with Crippen LogP contribution in [0.15, 0.2) is 30.3 Å². The van der Waals surface area contributed by atoms with Crippen LogP contribution in [-0.2, 0) is 6.54 Å². The molecule has 0 spiro atoms. The van der Waals surface area contributed by atoms with Crippen LogP contribution in [0, 0.1) is 0 Å². The van der Waals surface area contributed by atoms with Gasteiger partial charge in [0.2, 0.25) is 0 Å². The summed E-state index contributed by atoms with van der Waals surface area (Å²) in [5.41, 5.74) is 7.68. The van der Waals surface area contributed by atoms with Crippen LogP contribution in [0.2, 0.25) is 0 Å². The van der Waals surface area contributed by atoms with E-state index in [1.54, 1.807) is 0 Å². The summed E-state index contributed by atoms with van der Waals surface area (Å²) in [4.78, 5) is 2.52. The van der Waals surface area contributed by atoms with Gasteiger partial charge in [0, 0.05) is 24.2 Å². The van der Waals surface area contributed by atoms with E-state index in [4.69, 9.17) is 5.73 Å². The van der Waals surface area contributed by atoms with Gasteiger partial charge in [-0.25, -0.2) is 0 Å². The molecule has 2 atom stereocenters. The zero-order valence-electron chi connectivity index (χ0n) is 10.5. The van der Waals surface area contributed by atoms with E-state index in [0.717, 1.165) is 13.0 Å². The van der Waals surface area contributed by atoms with Crippen LogP contribution in [0.1, 0.15) is 32.8 Å². The number of benzene rings is 1. The average molecular weight is 218 g/mol. The van der Waals surface area contributed by atoms with Crippen molar-refractivity contribution in [2.45, 2.75) is 51.4 Å². The van der Waals surface area contributed by atoms with Crippen LogP contribution < -0.4 is 5.73 Å². The highest BCUT2D eigenvalue weighted by Crippen LogP contribution is 2.33. The second kappa shape index (κ2) is 4.19. The lowest BCUT2D eigenvalue weighted by atomic mass is 9.96. The van der Waals surface area contributed by atoms with Gasteiger partial charge in [-0.3, -0.25) is 4.90 Å². The van der Waals surface area contributed by atoms with Crippen molar-refractivity contribution in [3.8, 4) is 0 Å². The second-order valence-electron chi connectivity index (χ2n) is 5.46. The van der Waals surface area contributed by atoms with Crippen LogP contribution >= 0.6 is 0 Å². The first kappa shape index (κ1) is 11.6. The van der Waals surface area contributed by atoms with Crippen molar-refractivity contribution in [1.82, 2.24) is 4.90 Å². The molecule has 2 heteroatoms. The van der Waals surface area contributed by atoms with Crippen LogP contribution in [-0.4, -0.2) is 22.5 Å². The van der Waals surface area contributed by atoms with Crippen LogP contribution in [0.25, 0.3) is 0 Å². The van der Waals surface area contributed by atoms with E-state index in [1.807, 2.05) is 0 Å². The normalized spacial score (nSPS) is 29.5. The average Bonchev–Trinajstić information content (AvgIpc) is 2.43. The van der Waals surface area contributed by atoms with Gasteiger partial charge in [0.15, 0.2) is 0 Å². The maximum Gasteiger partial charge on any atom is 0.0311 e. The Morgan fingerprint density at radius 2 is 1.94 bits per heavy atom. The van der Waals surface area contributed by atoms with E-state index in [0.29, 0.717) is 6.04 Å². The molecule has 0 bridgehead atoms. The molecule has 1 saturated heterocycles. The Bertz CT molecular complexity index is 345. The molecule has 2 N–H and O–H groups in total. The first-order valence-corrected chi connectivity index (χ1v) is 6.08. The molecule has 1 aromatic carbocycles. The standard InChI is InChI=1S/C14H22N2/c1-11-9-13(15)14(2,3)16(11)10-12-7-5-4-6-8-12/h4-8,11,13H,9-10,15H2,1-3H3. The Morgan fingerprint density at radius 1 is 1.31 bits per heavy atom. The van der Waals surface area contributed by atoms with Crippen molar-refractivity contribution in [3.05, 3.63) is 35.9 Å². The van der Waals surface area contributed by atoms with Crippen LogP contribution in [0.5, 0.6) is 0 Å². The molecule has 1 aromatic rings. The van der Waals surface area contributed by atoms with Crippen molar-refractivity contribution in [1.29, 1.82) is 0 Å². The van der Waals surface area contributed by atoms with Crippen molar-refractivity contribution in [2.24, 2.45) is 5.73 Å². The number of likely N-dealkylation sites (tertiary alicyclic amines) is 1. The van der Waals surface area contributed by atoms with Gasteiger partial charge >= 0.3 is 0 Å². The third kappa shape index (κ3) is 2.00. The lowest BCUT2D eigenvalue weighted by Crippen LogP contribution is -2.49. The molecule has 1 aliphatic rings. The smallest absolute Gasteiger partial charge is 0.0311 e. The first-order valence-electron chi connectivity index (χ1n) is 6.08. The van der Waals surface area contributed by atoms with Gasteiger partial charge in [0.05, 0.1) is 0 Å². The molecule has 1 fully saturated rings. The molecule has 2 nitrogen and oxygen atoms in total. The molecule has 0 radical (unpaired) electrons. The van der Waals surface area contributed by atoms with Gasteiger partial charge in [-0.15, -0.1) is 0 Å². The molecule has 1 aliphatic heterocycles. The summed E-state index contributed by atoms with van der Waals surface area (Å²) in [5.74, 6) is 0. The third-order valence-electron chi connectivity index (χ3n) is 3.97. The fraction of sp³-hybridized carbons (Fsp3) is 0.571. The summed E-state index contributed by atoms with van der Waals surface area (Å²) >= 11 is 0. The zero-order valence-corrected chi connectivity index (χ0v) is 10.5. The number of rotatable bonds is 2. The maximum absolute atomic E-state index is 6.21. The maximum atomic E-state index is 6.21. The largest absolute Gasteiger partial charge is 0.326 e. The van der Waals surface area contributed by atoms with Gasteiger partial charge < -0.3 is 5.73 Å². The fourth-order valence-corrected chi connectivity index (χ4v) is 2.70. The summed E-state index contributed by atoms with van der Waals surface area (Å²) in [7, 11) is 0. The fourth-order valence-electron chi connectivity index (χ4n) is 2.70. The van der Waals surface area contributed by atoms with Gasteiger partial charge in [-0.1, -0.05) is 30.3 Å². The number of hydrogen-bond acceptors (Lipinski definition) is 2. The minimum Gasteiger partial charge on any atom is -0.326 e. The molecule has 0 saturated carbocycles. The lowest BCUT2D eigenvalue weighted by molar-refractivity contribution is 0.120.